The normalized spacial score (nSPS) is 12.1. The molecule has 7 heteroatoms. The first-order valence-electron chi connectivity index (χ1n) is 9.21. The Bertz CT molecular complexity index is 1010. The van der Waals surface area contributed by atoms with Crippen LogP contribution in [0.3, 0.4) is 0 Å². The molecule has 0 saturated heterocycles. The lowest BCUT2D eigenvalue weighted by Gasteiger charge is -2.24. The van der Waals surface area contributed by atoms with Crippen molar-refractivity contribution in [2.45, 2.75) is 18.9 Å². The Morgan fingerprint density at radius 2 is 1.82 bits per heavy atom. The van der Waals surface area contributed by atoms with Crippen molar-refractivity contribution in [2.24, 2.45) is 0 Å². The van der Waals surface area contributed by atoms with Crippen molar-refractivity contribution in [2.75, 3.05) is 26.0 Å². The summed E-state index contributed by atoms with van der Waals surface area (Å²) in [6.45, 7) is 0.581. The van der Waals surface area contributed by atoms with E-state index in [1.54, 1.807) is 12.3 Å². The lowest BCUT2D eigenvalue weighted by atomic mass is 10.1. The zero-order valence-corrected chi connectivity index (χ0v) is 16.1. The van der Waals surface area contributed by atoms with Crippen LogP contribution in [0.15, 0.2) is 64.3 Å². The largest absolute Gasteiger partial charge is 0.354 e. The van der Waals surface area contributed by atoms with Gasteiger partial charge in [-0.15, -0.1) is 0 Å². The van der Waals surface area contributed by atoms with Gasteiger partial charge in [0.2, 0.25) is 11.5 Å². The molecule has 1 atom stereocenters. The summed E-state index contributed by atoms with van der Waals surface area (Å²) >= 11 is 0. The molecular formula is C21H25N5O2. The van der Waals surface area contributed by atoms with Gasteiger partial charge in [-0.1, -0.05) is 30.3 Å². The number of benzene rings is 1. The van der Waals surface area contributed by atoms with Gasteiger partial charge in [-0.05, 0) is 37.7 Å². The van der Waals surface area contributed by atoms with Crippen molar-refractivity contribution in [3.8, 4) is 0 Å². The van der Waals surface area contributed by atoms with Gasteiger partial charge in [-0.3, -0.25) is 14.6 Å². The fourth-order valence-electron chi connectivity index (χ4n) is 3.03. The molecule has 3 aromatic rings. The molecule has 1 unspecified atom stereocenters. The minimum absolute atomic E-state index is 0.109. The topological polar surface area (TPSA) is 93.9 Å². The summed E-state index contributed by atoms with van der Waals surface area (Å²) < 4.78 is 0. The Morgan fingerprint density at radius 3 is 2.54 bits per heavy atom. The van der Waals surface area contributed by atoms with Gasteiger partial charge in [0.25, 0.3) is 5.56 Å². The van der Waals surface area contributed by atoms with Gasteiger partial charge in [0, 0.05) is 37.3 Å². The van der Waals surface area contributed by atoms with Gasteiger partial charge >= 0.3 is 0 Å². The van der Waals surface area contributed by atoms with E-state index in [4.69, 9.17) is 0 Å². The van der Waals surface area contributed by atoms with E-state index in [9.17, 15) is 9.59 Å². The number of nitrogens with one attached hydrogen (secondary N) is 3. The van der Waals surface area contributed by atoms with Crippen LogP contribution in [-0.2, 0) is 12.8 Å². The number of hydrogen-bond donors (Lipinski definition) is 3. The maximum absolute atomic E-state index is 12.0. The minimum atomic E-state index is -0.181. The van der Waals surface area contributed by atoms with E-state index in [0.29, 0.717) is 31.0 Å². The first-order valence-corrected chi connectivity index (χ1v) is 9.21. The molecule has 0 aliphatic rings. The maximum atomic E-state index is 12.0. The Balaban J connectivity index is 1.69. The van der Waals surface area contributed by atoms with Crippen molar-refractivity contribution >= 4 is 5.95 Å². The Kier molecular flexibility index (Phi) is 6.39. The minimum Gasteiger partial charge on any atom is -0.354 e. The van der Waals surface area contributed by atoms with Crippen molar-refractivity contribution in [1.29, 1.82) is 0 Å². The number of pyridine rings is 1. The van der Waals surface area contributed by atoms with Crippen LogP contribution in [0.5, 0.6) is 0 Å². The lowest BCUT2D eigenvalue weighted by Crippen LogP contribution is -2.37. The molecule has 0 amide bonds. The van der Waals surface area contributed by atoms with Crippen molar-refractivity contribution < 1.29 is 0 Å². The predicted octanol–water partition coefficient (Wildman–Crippen LogP) is 1.63. The average molecular weight is 379 g/mol. The lowest BCUT2D eigenvalue weighted by molar-refractivity contribution is 0.303. The van der Waals surface area contributed by atoms with Gasteiger partial charge < -0.3 is 15.2 Å². The van der Waals surface area contributed by atoms with Crippen LogP contribution in [-0.4, -0.2) is 46.5 Å². The molecule has 0 aliphatic carbocycles. The number of nitrogens with zero attached hydrogens (tertiary/aromatic N) is 2. The highest BCUT2D eigenvalue weighted by molar-refractivity contribution is 5.29. The van der Waals surface area contributed by atoms with Gasteiger partial charge in [0.15, 0.2) is 0 Å². The molecule has 0 spiro atoms. The quantitative estimate of drug-likeness (QED) is 0.553. The zero-order chi connectivity index (χ0) is 19.9. The summed E-state index contributed by atoms with van der Waals surface area (Å²) in [4.78, 5) is 35.5. The third kappa shape index (κ3) is 5.65. The second-order valence-electron chi connectivity index (χ2n) is 7.01. The molecule has 0 fully saturated rings. The van der Waals surface area contributed by atoms with E-state index in [2.05, 4.69) is 25.2 Å². The number of hydrogen-bond acceptors (Lipinski definition) is 5. The molecule has 2 heterocycles. The smallest absolute Gasteiger partial charge is 0.252 e. The van der Waals surface area contributed by atoms with Crippen LogP contribution in [0.1, 0.15) is 16.8 Å². The molecule has 3 rings (SSSR count). The van der Waals surface area contributed by atoms with Gasteiger partial charge in [0.05, 0.1) is 5.69 Å². The highest BCUT2D eigenvalue weighted by atomic mass is 16.1. The van der Waals surface area contributed by atoms with Crippen molar-refractivity contribution in [3.63, 3.8) is 0 Å². The van der Waals surface area contributed by atoms with E-state index in [0.717, 1.165) is 11.1 Å². The fraction of sp³-hybridized carbons (Fsp3) is 0.286. The van der Waals surface area contributed by atoms with Gasteiger partial charge in [0.1, 0.15) is 0 Å². The maximum Gasteiger partial charge on any atom is 0.252 e. The summed E-state index contributed by atoms with van der Waals surface area (Å²) in [5, 5.41) is 3.23. The van der Waals surface area contributed by atoms with E-state index in [1.807, 2.05) is 50.5 Å². The highest BCUT2D eigenvalue weighted by Gasteiger charge is 2.13. The number of anilines is 1. The molecule has 0 aliphatic heterocycles. The van der Waals surface area contributed by atoms with E-state index in [1.165, 1.54) is 6.07 Å². The molecule has 3 N–H and O–H groups in total. The van der Waals surface area contributed by atoms with Gasteiger partial charge in [-0.25, -0.2) is 4.98 Å². The molecule has 0 saturated carbocycles. The SMILES string of the molecule is CN(C)C(CNc1nc(Cc2ccccc2)cc(=O)[nH]1)Cc1cc[nH]c(=O)c1. The second kappa shape index (κ2) is 9.14. The highest BCUT2D eigenvalue weighted by Crippen LogP contribution is 2.09. The van der Waals surface area contributed by atoms with Crippen LogP contribution < -0.4 is 16.4 Å². The molecular weight excluding hydrogens is 354 g/mol. The Hall–Kier alpha value is -3.19. The van der Waals surface area contributed by atoms with Crippen LogP contribution in [0.2, 0.25) is 0 Å². The first-order chi connectivity index (χ1) is 13.5. The predicted molar refractivity (Wildman–Crippen MR) is 111 cm³/mol. The van der Waals surface area contributed by atoms with Crippen LogP contribution in [0.4, 0.5) is 5.95 Å². The summed E-state index contributed by atoms with van der Waals surface area (Å²) in [6, 6.07) is 15.1. The molecule has 1 aromatic carbocycles. The molecule has 2 aromatic heterocycles. The van der Waals surface area contributed by atoms with Crippen molar-refractivity contribution in [3.05, 3.63) is 92.3 Å². The molecule has 146 valence electrons. The number of likely N-dealkylation sites (N-methyl/N-ethyl adjacent to an activating group) is 1. The monoisotopic (exact) mass is 379 g/mol. The number of aromatic amines is 2. The van der Waals surface area contributed by atoms with Gasteiger partial charge in [-0.2, -0.15) is 0 Å². The number of rotatable bonds is 8. The average Bonchev–Trinajstić information content (AvgIpc) is 2.65. The Labute approximate surface area is 163 Å². The van der Waals surface area contributed by atoms with Crippen LogP contribution >= 0.6 is 0 Å². The summed E-state index contributed by atoms with van der Waals surface area (Å²) in [6.07, 6.45) is 2.96. The van der Waals surface area contributed by atoms with E-state index in [-0.39, 0.29) is 17.2 Å². The third-order valence-corrected chi connectivity index (χ3v) is 4.57. The molecule has 0 bridgehead atoms. The second-order valence-corrected chi connectivity index (χ2v) is 7.01. The number of aromatic nitrogens is 3. The number of H-pyrrole nitrogens is 2. The zero-order valence-electron chi connectivity index (χ0n) is 16.1. The summed E-state index contributed by atoms with van der Waals surface area (Å²) in [5.41, 5.74) is 2.49. The first kappa shape index (κ1) is 19.6. The molecule has 0 radical (unpaired) electrons. The van der Waals surface area contributed by atoms with Crippen molar-refractivity contribution in [1.82, 2.24) is 19.9 Å². The van der Waals surface area contributed by atoms with Crippen LogP contribution in [0, 0.1) is 0 Å². The third-order valence-electron chi connectivity index (χ3n) is 4.57. The standard InChI is InChI=1S/C21H25N5O2/c1-26(2)18(11-16-8-9-22-19(27)12-16)14-23-21-24-17(13-20(28)25-21)10-15-6-4-3-5-7-15/h3-9,12-13,18H,10-11,14H2,1-2H3,(H,22,27)(H2,23,24,25,28). The molecule has 28 heavy (non-hydrogen) atoms. The summed E-state index contributed by atoms with van der Waals surface area (Å²) in [5.74, 6) is 0.455. The van der Waals surface area contributed by atoms with E-state index < -0.39 is 0 Å². The Morgan fingerprint density at radius 1 is 1.04 bits per heavy atom. The summed E-state index contributed by atoms with van der Waals surface area (Å²) in [7, 11) is 3.98. The van der Waals surface area contributed by atoms with E-state index >= 15 is 0 Å². The molecule has 7 nitrogen and oxygen atoms in total. The fourth-order valence-corrected chi connectivity index (χ4v) is 3.03. The van der Waals surface area contributed by atoms with Crippen LogP contribution in [0.25, 0.3) is 0 Å².